The van der Waals surface area contributed by atoms with Gasteiger partial charge < -0.3 is 10.1 Å². The largest absolute Gasteiger partial charge is 0.459 e. The zero-order valence-electron chi connectivity index (χ0n) is 8.69. The fourth-order valence-corrected chi connectivity index (χ4v) is 1.09. The molecule has 15 heavy (non-hydrogen) atoms. The Labute approximate surface area is 88.2 Å². The number of carbonyl (C=O) groups excluding carboxylic acids is 2. The van der Waals surface area contributed by atoms with Crippen LogP contribution in [-0.4, -0.2) is 18.5 Å². The number of esters is 1. The van der Waals surface area contributed by atoms with Gasteiger partial charge in [-0.05, 0) is 32.0 Å². The first-order chi connectivity index (χ1) is 7.13. The topological polar surface area (TPSA) is 55.4 Å². The number of carbonyl (C=O) groups is 2. The molecule has 0 aliphatic rings. The summed E-state index contributed by atoms with van der Waals surface area (Å²) in [5, 5.41) is 2.47. The van der Waals surface area contributed by atoms with E-state index < -0.39 is 0 Å². The Bertz CT molecular complexity index is 361. The van der Waals surface area contributed by atoms with Gasteiger partial charge in [0.15, 0.2) is 0 Å². The molecular formula is C11H13NO3. The summed E-state index contributed by atoms with van der Waals surface area (Å²) in [4.78, 5) is 21.7. The Morgan fingerprint density at radius 1 is 1.47 bits per heavy atom. The third-order valence-electron chi connectivity index (χ3n) is 1.67. The predicted octanol–water partition coefficient (Wildman–Crippen LogP) is 1.82. The summed E-state index contributed by atoms with van der Waals surface area (Å²) in [6.45, 7) is 3.57. The average molecular weight is 207 g/mol. The lowest BCUT2D eigenvalue weighted by Gasteiger charge is -2.08. The van der Waals surface area contributed by atoms with Crippen LogP contribution >= 0.6 is 0 Å². The van der Waals surface area contributed by atoms with Crippen LogP contribution in [0.1, 0.15) is 24.2 Å². The summed E-state index contributed by atoms with van der Waals surface area (Å²) in [6.07, 6.45) is 0.410. The molecule has 0 bridgehead atoms. The quantitative estimate of drug-likeness (QED) is 0.605. The van der Waals surface area contributed by atoms with Crippen molar-refractivity contribution in [3.05, 3.63) is 29.8 Å². The SMILES string of the molecule is CC(C)OC(=O)c1cccc(NC=O)c1. The fraction of sp³-hybridized carbons (Fsp3) is 0.273. The molecule has 0 spiro atoms. The maximum atomic E-state index is 11.5. The van der Waals surface area contributed by atoms with Gasteiger partial charge in [-0.15, -0.1) is 0 Å². The number of anilines is 1. The summed E-state index contributed by atoms with van der Waals surface area (Å²) < 4.78 is 5.01. The highest BCUT2D eigenvalue weighted by atomic mass is 16.5. The van der Waals surface area contributed by atoms with E-state index in [4.69, 9.17) is 4.74 Å². The summed E-state index contributed by atoms with van der Waals surface area (Å²) in [5.74, 6) is -0.389. The smallest absolute Gasteiger partial charge is 0.338 e. The van der Waals surface area contributed by atoms with E-state index in [1.165, 1.54) is 0 Å². The number of hydrogen-bond acceptors (Lipinski definition) is 3. The molecule has 1 aromatic rings. The number of hydrogen-bond donors (Lipinski definition) is 1. The van der Waals surface area contributed by atoms with Crippen LogP contribution in [0.2, 0.25) is 0 Å². The van der Waals surface area contributed by atoms with Crippen LogP contribution < -0.4 is 5.32 Å². The number of amides is 1. The first kappa shape index (κ1) is 11.2. The van der Waals surface area contributed by atoms with Crippen molar-refractivity contribution in [1.29, 1.82) is 0 Å². The highest BCUT2D eigenvalue weighted by Crippen LogP contribution is 2.11. The van der Waals surface area contributed by atoms with Gasteiger partial charge in [-0.3, -0.25) is 4.79 Å². The third-order valence-corrected chi connectivity index (χ3v) is 1.67. The van der Waals surface area contributed by atoms with Crippen LogP contribution in [-0.2, 0) is 9.53 Å². The summed E-state index contributed by atoms with van der Waals surface area (Å²) in [7, 11) is 0. The second-order valence-corrected chi connectivity index (χ2v) is 3.30. The van der Waals surface area contributed by atoms with Gasteiger partial charge in [-0.25, -0.2) is 4.79 Å². The molecule has 0 unspecified atom stereocenters. The van der Waals surface area contributed by atoms with Crippen molar-refractivity contribution in [3.63, 3.8) is 0 Å². The van der Waals surface area contributed by atoms with E-state index in [1.54, 1.807) is 38.1 Å². The zero-order chi connectivity index (χ0) is 11.3. The number of rotatable bonds is 4. The third kappa shape index (κ3) is 3.42. The molecule has 1 rings (SSSR count). The molecule has 0 saturated heterocycles. The molecule has 0 atom stereocenters. The van der Waals surface area contributed by atoms with E-state index in [-0.39, 0.29) is 12.1 Å². The molecule has 0 aliphatic heterocycles. The van der Waals surface area contributed by atoms with E-state index in [9.17, 15) is 9.59 Å². The van der Waals surface area contributed by atoms with E-state index in [1.807, 2.05) is 0 Å². The molecule has 0 fully saturated rings. The minimum Gasteiger partial charge on any atom is -0.459 e. The van der Waals surface area contributed by atoms with Crippen molar-refractivity contribution in [2.75, 3.05) is 5.32 Å². The molecule has 0 aromatic heterocycles. The van der Waals surface area contributed by atoms with Crippen LogP contribution in [0.5, 0.6) is 0 Å². The fourth-order valence-electron chi connectivity index (χ4n) is 1.09. The molecule has 1 N–H and O–H groups in total. The Hall–Kier alpha value is -1.84. The minimum atomic E-state index is -0.389. The van der Waals surface area contributed by atoms with Crippen LogP contribution in [0.4, 0.5) is 5.69 Å². The van der Waals surface area contributed by atoms with Crippen LogP contribution in [0.3, 0.4) is 0 Å². The molecular weight excluding hydrogens is 194 g/mol. The molecule has 0 radical (unpaired) electrons. The van der Waals surface area contributed by atoms with Gasteiger partial charge in [0.25, 0.3) is 0 Å². The molecule has 0 heterocycles. The van der Waals surface area contributed by atoms with Crippen molar-refractivity contribution in [2.24, 2.45) is 0 Å². The Morgan fingerprint density at radius 2 is 2.20 bits per heavy atom. The van der Waals surface area contributed by atoms with Gasteiger partial charge in [0.05, 0.1) is 11.7 Å². The maximum absolute atomic E-state index is 11.5. The number of nitrogens with one attached hydrogen (secondary N) is 1. The molecule has 80 valence electrons. The van der Waals surface area contributed by atoms with Crippen molar-refractivity contribution in [1.82, 2.24) is 0 Å². The summed E-state index contributed by atoms with van der Waals surface area (Å²) >= 11 is 0. The average Bonchev–Trinajstić information content (AvgIpc) is 2.17. The van der Waals surface area contributed by atoms with Crippen LogP contribution in [0, 0.1) is 0 Å². The zero-order valence-corrected chi connectivity index (χ0v) is 8.69. The Kier molecular flexibility index (Phi) is 3.85. The first-order valence-electron chi connectivity index (χ1n) is 4.64. The van der Waals surface area contributed by atoms with E-state index in [0.717, 1.165) is 0 Å². The molecule has 4 heteroatoms. The van der Waals surface area contributed by atoms with Gasteiger partial charge >= 0.3 is 5.97 Å². The van der Waals surface area contributed by atoms with Crippen molar-refractivity contribution in [2.45, 2.75) is 20.0 Å². The molecule has 1 amide bonds. The van der Waals surface area contributed by atoms with Gasteiger partial charge in [-0.1, -0.05) is 6.07 Å². The lowest BCUT2D eigenvalue weighted by molar-refractivity contribution is -0.105. The number of ether oxygens (including phenoxy) is 1. The lowest BCUT2D eigenvalue weighted by atomic mass is 10.2. The molecule has 0 aliphatic carbocycles. The number of benzene rings is 1. The van der Waals surface area contributed by atoms with E-state index >= 15 is 0 Å². The predicted molar refractivity (Wildman–Crippen MR) is 56.7 cm³/mol. The van der Waals surface area contributed by atoms with Crippen molar-refractivity contribution in [3.8, 4) is 0 Å². The summed E-state index contributed by atoms with van der Waals surface area (Å²) in [6, 6.07) is 6.59. The van der Waals surface area contributed by atoms with Crippen molar-refractivity contribution < 1.29 is 14.3 Å². The van der Waals surface area contributed by atoms with E-state index in [0.29, 0.717) is 17.7 Å². The van der Waals surface area contributed by atoms with Crippen molar-refractivity contribution >= 4 is 18.1 Å². The highest BCUT2D eigenvalue weighted by molar-refractivity contribution is 5.91. The highest BCUT2D eigenvalue weighted by Gasteiger charge is 2.08. The lowest BCUT2D eigenvalue weighted by Crippen LogP contribution is -2.11. The van der Waals surface area contributed by atoms with Gasteiger partial charge in [0, 0.05) is 5.69 Å². The second-order valence-electron chi connectivity index (χ2n) is 3.30. The Balaban J connectivity index is 2.80. The summed E-state index contributed by atoms with van der Waals surface area (Å²) in [5.41, 5.74) is 0.999. The van der Waals surface area contributed by atoms with Crippen LogP contribution in [0.25, 0.3) is 0 Å². The maximum Gasteiger partial charge on any atom is 0.338 e. The minimum absolute atomic E-state index is 0.153. The monoisotopic (exact) mass is 207 g/mol. The Morgan fingerprint density at radius 3 is 2.80 bits per heavy atom. The van der Waals surface area contributed by atoms with Crippen LogP contribution in [0.15, 0.2) is 24.3 Å². The first-order valence-corrected chi connectivity index (χ1v) is 4.64. The van der Waals surface area contributed by atoms with Gasteiger partial charge in [-0.2, -0.15) is 0 Å². The van der Waals surface area contributed by atoms with Gasteiger partial charge in [0.2, 0.25) is 6.41 Å². The van der Waals surface area contributed by atoms with Gasteiger partial charge in [0.1, 0.15) is 0 Å². The molecule has 4 nitrogen and oxygen atoms in total. The molecule has 1 aromatic carbocycles. The standard InChI is InChI=1S/C11H13NO3/c1-8(2)15-11(14)9-4-3-5-10(6-9)12-7-13/h3-8H,1-2H3,(H,12,13). The second kappa shape index (κ2) is 5.14. The molecule has 0 saturated carbocycles. The normalized spacial score (nSPS) is 9.80. The van der Waals surface area contributed by atoms with E-state index in [2.05, 4.69) is 5.32 Å².